The van der Waals surface area contributed by atoms with Crippen LogP contribution in [0.25, 0.3) is 0 Å². The Bertz CT molecular complexity index is 786. The molecule has 2 aliphatic rings. The highest BCUT2D eigenvalue weighted by molar-refractivity contribution is 5.95. The number of hydrogen-bond donors (Lipinski definition) is 1. The first-order valence-corrected chi connectivity index (χ1v) is 10.4. The lowest BCUT2D eigenvalue weighted by Crippen LogP contribution is -2.51. The van der Waals surface area contributed by atoms with Gasteiger partial charge < -0.3 is 10.1 Å². The Balaban J connectivity index is 1.43. The first-order chi connectivity index (χ1) is 14.2. The number of hydrogen-bond acceptors (Lipinski definition) is 4. The van der Waals surface area contributed by atoms with Crippen LogP contribution in [0.1, 0.15) is 24.4 Å². The van der Waals surface area contributed by atoms with Gasteiger partial charge in [0.1, 0.15) is 11.9 Å². The summed E-state index contributed by atoms with van der Waals surface area (Å²) in [4.78, 5) is 17.9. The number of carbonyl (C=O) groups is 1. The van der Waals surface area contributed by atoms with Crippen LogP contribution < -0.4 is 5.32 Å². The standard InChI is InChI=1S/C23H28FN3O2/c24-19-8-10-20(11-9-19)25-23(28)22(18-5-2-1-3-6-18)27-14-12-26(13-15-27)17-21-7-4-16-29-21/h1-3,5-6,8-11,21-22H,4,7,12-17H2,(H,25,28)/t21-,22-/m0/s1. The molecular weight excluding hydrogens is 369 g/mol. The van der Waals surface area contributed by atoms with Crippen molar-refractivity contribution in [3.8, 4) is 0 Å². The summed E-state index contributed by atoms with van der Waals surface area (Å²) >= 11 is 0. The molecule has 1 N–H and O–H groups in total. The number of amides is 1. The second-order valence-electron chi connectivity index (χ2n) is 7.78. The highest BCUT2D eigenvalue weighted by Crippen LogP contribution is 2.25. The van der Waals surface area contributed by atoms with Crippen LogP contribution in [-0.4, -0.2) is 61.1 Å². The molecule has 2 aromatic carbocycles. The van der Waals surface area contributed by atoms with E-state index in [9.17, 15) is 9.18 Å². The predicted octanol–water partition coefficient (Wildman–Crippen LogP) is 3.30. The first kappa shape index (κ1) is 20.0. The quantitative estimate of drug-likeness (QED) is 0.812. The van der Waals surface area contributed by atoms with E-state index in [0.717, 1.165) is 57.7 Å². The van der Waals surface area contributed by atoms with Crippen LogP contribution in [-0.2, 0) is 9.53 Å². The van der Waals surface area contributed by atoms with E-state index in [1.165, 1.54) is 12.1 Å². The number of rotatable bonds is 6. The molecule has 2 aromatic rings. The van der Waals surface area contributed by atoms with Gasteiger partial charge in [0.15, 0.2) is 0 Å². The van der Waals surface area contributed by atoms with Crippen molar-refractivity contribution in [2.75, 3.05) is 44.6 Å². The lowest BCUT2D eigenvalue weighted by Gasteiger charge is -2.39. The van der Waals surface area contributed by atoms with Gasteiger partial charge in [-0.25, -0.2) is 4.39 Å². The van der Waals surface area contributed by atoms with Crippen LogP contribution in [0.15, 0.2) is 54.6 Å². The summed E-state index contributed by atoms with van der Waals surface area (Å²) in [7, 11) is 0. The van der Waals surface area contributed by atoms with Gasteiger partial charge in [-0.3, -0.25) is 14.6 Å². The van der Waals surface area contributed by atoms with Crippen molar-refractivity contribution in [1.82, 2.24) is 9.80 Å². The van der Waals surface area contributed by atoms with Crippen LogP contribution in [0.3, 0.4) is 0 Å². The molecule has 154 valence electrons. The van der Waals surface area contributed by atoms with Gasteiger partial charge in [0.2, 0.25) is 5.91 Å². The van der Waals surface area contributed by atoms with E-state index in [1.54, 1.807) is 12.1 Å². The molecule has 1 amide bonds. The Morgan fingerprint density at radius 1 is 1.07 bits per heavy atom. The fraction of sp³-hybridized carbons (Fsp3) is 0.435. The molecule has 0 spiro atoms. The van der Waals surface area contributed by atoms with E-state index in [1.807, 2.05) is 30.3 Å². The van der Waals surface area contributed by atoms with Crippen molar-refractivity contribution in [1.29, 1.82) is 0 Å². The fourth-order valence-corrected chi connectivity index (χ4v) is 4.19. The monoisotopic (exact) mass is 397 g/mol. The zero-order valence-electron chi connectivity index (χ0n) is 16.6. The molecule has 6 heteroatoms. The highest BCUT2D eigenvalue weighted by Gasteiger charge is 2.31. The van der Waals surface area contributed by atoms with Gasteiger partial charge in [0, 0.05) is 45.0 Å². The van der Waals surface area contributed by atoms with Crippen LogP contribution in [0, 0.1) is 5.82 Å². The maximum atomic E-state index is 13.2. The Hall–Kier alpha value is -2.28. The molecule has 2 heterocycles. The van der Waals surface area contributed by atoms with Gasteiger partial charge in [0.05, 0.1) is 6.10 Å². The van der Waals surface area contributed by atoms with Crippen LogP contribution >= 0.6 is 0 Å². The fourth-order valence-electron chi connectivity index (χ4n) is 4.19. The zero-order valence-corrected chi connectivity index (χ0v) is 16.6. The minimum atomic E-state index is -0.369. The summed E-state index contributed by atoms with van der Waals surface area (Å²) in [6.07, 6.45) is 2.66. The molecule has 2 atom stereocenters. The number of nitrogens with one attached hydrogen (secondary N) is 1. The van der Waals surface area contributed by atoms with Crippen molar-refractivity contribution in [2.24, 2.45) is 0 Å². The van der Waals surface area contributed by atoms with Crippen LogP contribution in [0.2, 0.25) is 0 Å². The first-order valence-electron chi connectivity index (χ1n) is 10.4. The van der Waals surface area contributed by atoms with E-state index >= 15 is 0 Å². The van der Waals surface area contributed by atoms with E-state index < -0.39 is 0 Å². The number of anilines is 1. The van der Waals surface area contributed by atoms with Crippen molar-refractivity contribution < 1.29 is 13.9 Å². The van der Waals surface area contributed by atoms with Crippen LogP contribution in [0.4, 0.5) is 10.1 Å². The molecule has 5 nitrogen and oxygen atoms in total. The smallest absolute Gasteiger partial charge is 0.246 e. The van der Waals surface area contributed by atoms with Gasteiger partial charge >= 0.3 is 0 Å². The lowest BCUT2D eigenvalue weighted by molar-refractivity contribution is -0.122. The van der Waals surface area contributed by atoms with Crippen molar-refractivity contribution >= 4 is 11.6 Å². The predicted molar refractivity (Wildman–Crippen MR) is 111 cm³/mol. The molecular formula is C23H28FN3O2. The van der Waals surface area contributed by atoms with E-state index in [2.05, 4.69) is 15.1 Å². The molecule has 0 unspecified atom stereocenters. The van der Waals surface area contributed by atoms with Crippen LogP contribution in [0.5, 0.6) is 0 Å². The second kappa shape index (κ2) is 9.48. The number of nitrogens with zero attached hydrogens (tertiary/aromatic N) is 2. The van der Waals surface area contributed by atoms with Gasteiger partial charge in [-0.1, -0.05) is 30.3 Å². The number of piperazine rings is 1. The Morgan fingerprint density at radius 3 is 2.45 bits per heavy atom. The van der Waals surface area contributed by atoms with Gasteiger partial charge in [0.25, 0.3) is 0 Å². The number of carbonyl (C=O) groups excluding carboxylic acids is 1. The minimum Gasteiger partial charge on any atom is -0.377 e. The molecule has 0 radical (unpaired) electrons. The topological polar surface area (TPSA) is 44.8 Å². The molecule has 29 heavy (non-hydrogen) atoms. The Morgan fingerprint density at radius 2 is 1.79 bits per heavy atom. The maximum Gasteiger partial charge on any atom is 0.246 e. The molecule has 2 fully saturated rings. The molecule has 0 aromatic heterocycles. The summed E-state index contributed by atoms with van der Waals surface area (Å²) in [6.45, 7) is 5.35. The molecule has 0 saturated carbocycles. The van der Waals surface area contributed by atoms with Crippen molar-refractivity contribution in [2.45, 2.75) is 25.0 Å². The SMILES string of the molecule is O=C(Nc1ccc(F)cc1)[C@H](c1ccccc1)N1CCN(C[C@@H]2CCCO2)CC1. The van der Waals surface area contributed by atoms with E-state index in [4.69, 9.17) is 4.74 Å². The summed E-state index contributed by atoms with van der Waals surface area (Å²) in [5.41, 5.74) is 1.58. The summed E-state index contributed by atoms with van der Waals surface area (Å²) < 4.78 is 19.0. The largest absolute Gasteiger partial charge is 0.377 e. The Labute approximate surface area is 171 Å². The molecule has 0 bridgehead atoms. The third-order valence-corrected chi connectivity index (χ3v) is 5.73. The number of benzene rings is 2. The minimum absolute atomic E-state index is 0.0876. The number of ether oxygens (including phenoxy) is 1. The third-order valence-electron chi connectivity index (χ3n) is 5.73. The molecule has 2 aliphatic heterocycles. The average Bonchev–Trinajstić information content (AvgIpc) is 3.25. The van der Waals surface area contributed by atoms with Gasteiger partial charge in [-0.05, 0) is 42.7 Å². The molecule has 4 rings (SSSR count). The van der Waals surface area contributed by atoms with Gasteiger partial charge in [-0.2, -0.15) is 0 Å². The van der Waals surface area contributed by atoms with E-state index in [-0.39, 0.29) is 17.8 Å². The number of halogens is 1. The summed E-state index contributed by atoms with van der Waals surface area (Å²) in [5.74, 6) is -0.402. The Kier molecular flexibility index (Phi) is 6.54. The maximum absolute atomic E-state index is 13.2. The molecule has 2 saturated heterocycles. The molecule has 0 aliphatic carbocycles. The highest BCUT2D eigenvalue weighted by atomic mass is 19.1. The second-order valence-corrected chi connectivity index (χ2v) is 7.78. The zero-order chi connectivity index (χ0) is 20.1. The van der Waals surface area contributed by atoms with E-state index in [0.29, 0.717) is 11.8 Å². The van der Waals surface area contributed by atoms with Gasteiger partial charge in [-0.15, -0.1) is 0 Å². The normalized spacial score (nSPS) is 21.8. The summed E-state index contributed by atoms with van der Waals surface area (Å²) in [5, 5.41) is 2.95. The summed E-state index contributed by atoms with van der Waals surface area (Å²) in [6, 6.07) is 15.4. The van der Waals surface area contributed by atoms with Crippen molar-refractivity contribution in [3.63, 3.8) is 0 Å². The lowest BCUT2D eigenvalue weighted by atomic mass is 10.0. The third kappa shape index (κ3) is 5.21. The average molecular weight is 397 g/mol. The van der Waals surface area contributed by atoms with Crippen molar-refractivity contribution in [3.05, 3.63) is 66.0 Å².